The molecule has 0 heterocycles. The molecule has 2 N–H and O–H groups in total. The normalized spacial score (nSPS) is 20.0. The molecule has 4 nitrogen and oxygen atoms in total. The Morgan fingerprint density at radius 1 is 1.14 bits per heavy atom. The fraction of sp³-hybridized carbons (Fsp3) is 0.278. The van der Waals surface area contributed by atoms with Gasteiger partial charge in [-0.3, -0.25) is 4.79 Å². The SMILES string of the molecule is O=C(COc1ccccc1)N[C@@H]1c2ccccc2CC[C@@H]1O. The van der Waals surface area contributed by atoms with Crippen molar-refractivity contribution in [3.63, 3.8) is 0 Å². The van der Waals surface area contributed by atoms with Crippen molar-refractivity contribution in [3.8, 4) is 5.75 Å². The number of hydrogen-bond acceptors (Lipinski definition) is 3. The van der Waals surface area contributed by atoms with Gasteiger partial charge in [0.05, 0.1) is 12.1 Å². The molecule has 1 aliphatic carbocycles. The van der Waals surface area contributed by atoms with Gasteiger partial charge < -0.3 is 15.2 Å². The Labute approximate surface area is 129 Å². The predicted molar refractivity (Wildman–Crippen MR) is 83.6 cm³/mol. The van der Waals surface area contributed by atoms with E-state index in [1.807, 2.05) is 42.5 Å². The molecule has 0 aliphatic heterocycles. The van der Waals surface area contributed by atoms with Gasteiger partial charge in [-0.15, -0.1) is 0 Å². The highest BCUT2D eigenvalue weighted by Crippen LogP contribution is 2.29. The number of benzene rings is 2. The number of para-hydroxylation sites is 1. The van der Waals surface area contributed by atoms with E-state index in [1.54, 1.807) is 12.1 Å². The second-order valence-electron chi connectivity index (χ2n) is 5.45. The highest BCUT2D eigenvalue weighted by Gasteiger charge is 2.29. The Hall–Kier alpha value is -2.33. The van der Waals surface area contributed by atoms with E-state index < -0.39 is 6.10 Å². The first-order valence-electron chi connectivity index (χ1n) is 7.47. The molecule has 0 spiro atoms. The van der Waals surface area contributed by atoms with Crippen molar-refractivity contribution in [3.05, 3.63) is 65.7 Å². The Morgan fingerprint density at radius 3 is 2.68 bits per heavy atom. The van der Waals surface area contributed by atoms with Gasteiger partial charge in [0.1, 0.15) is 5.75 Å². The molecule has 0 saturated heterocycles. The first-order valence-corrected chi connectivity index (χ1v) is 7.47. The van der Waals surface area contributed by atoms with Crippen LogP contribution in [0.2, 0.25) is 0 Å². The number of carbonyl (C=O) groups is 1. The minimum Gasteiger partial charge on any atom is -0.484 e. The summed E-state index contributed by atoms with van der Waals surface area (Å²) < 4.78 is 5.44. The van der Waals surface area contributed by atoms with Crippen LogP contribution in [0.15, 0.2) is 54.6 Å². The van der Waals surface area contributed by atoms with Gasteiger partial charge in [-0.2, -0.15) is 0 Å². The maximum Gasteiger partial charge on any atom is 0.258 e. The Morgan fingerprint density at radius 2 is 1.86 bits per heavy atom. The third-order valence-electron chi connectivity index (χ3n) is 3.91. The minimum atomic E-state index is -0.560. The van der Waals surface area contributed by atoms with Gasteiger partial charge in [-0.1, -0.05) is 42.5 Å². The van der Waals surface area contributed by atoms with Crippen LogP contribution in [0.3, 0.4) is 0 Å². The van der Waals surface area contributed by atoms with E-state index in [0.717, 1.165) is 12.0 Å². The number of ether oxygens (including phenoxy) is 1. The summed E-state index contributed by atoms with van der Waals surface area (Å²) in [5.41, 5.74) is 2.18. The molecule has 22 heavy (non-hydrogen) atoms. The van der Waals surface area contributed by atoms with Crippen molar-refractivity contribution in [1.82, 2.24) is 5.32 Å². The second kappa shape index (κ2) is 6.62. The molecule has 1 amide bonds. The Balaban J connectivity index is 1.64. The van der Waals surface area contributed by atoms with Crippen LogP contribution in [0.4, 0.5) is 0 Å². The molecule has 0 radical (unpaired) electrons. The molecule has 1 aliphatic rings. The van der Waals surface area contributed by atoms with Gasteiger partial charge in [0.25, 0.3) is 5.91 Å². The predicted octanol–water partition coefficient (Wildman–Crippen LogP) is 2.23. The van der Waals surface area contributed by atoms with Crippen LogP contribution in [0, 0.1) is 0 Å². The smallest absolute Gasteiger partial charge is 0.258 e. The Kier molecular flexibility index (Phi) is 4.39. The molecule has 0 aromatic heterocycles. The number of carbonyl (C=O) groups excluding carboxylic acids is 1. The van der Waals surface area contributed by atoms with Gasteiger partial charge >= 0.3 is 0 Å². The standard InChI is InChI=1S/C18H19NO3/c20-16-11-10-13-6-4-5-9-15(13)18(16)19-17(21)12-22-14-7-2-1-3-8-14/h1-9,16,18,20H,10-12H2,(H,19,21)/t16-,18+/m0/s1. The summed E-state index contributed by atoms with van der Waals surface area (Å²) in [7, 11) is 0. The fourth-order valence-corrected chi connectivity index (χ4v) is 2.80. The van der Waals surface area contributed by atoms with Crippen LogP contribution in [-0.2, 0) is 11.2 Å². The van der Waals surface area contributed by atoms with Crippen LogP contribution in [-0.4, -0.2) is 23.7 Å². The lowest BCUT2D eigenvalue weighted by atomic mass is 9.85. The van der Waals surface area contributed by atoms with Gasteiger partial charge in [-0.05, 0) is 36.1 Å². The summed E-state index contributed by atoms with van der Waals surface area (Å²) in [4.78, 5) is 12.1. The van der Waals surface area contributed by atoms with Gasteiger partial charge in [0.15, 0.2) is 6.61 Å². The zero-order valence-corrected chi connectivity index (χ0v) is 12.2. The van der Waals surface area contributed by atoms with E-state index in [2.05, 4.69) is 5.32 Å². The molecule has 0 saturated carbocycles. The first-order chi connectivity index (χ1) is 10.7. The minimum absolute atomic E-state index is 0.0601. The van der Waals surface area contributed by atoms with Crippen LogP contribution < -0.4 is 10.1 Å². The van der Waals surface area contributed by atoms with Crippen molar-refractivity contribution in [2.75, 3.05) is 6.61 Å². The maximum absolute atomic E-state index is 12.1. The van der Waals surface area contributed by atoms with Crippen LogP contribution >= 0.6 is 0 Å². The summed E-state index contributed by atoms with van der Waals surface area (Å²) >= 11 is 0. The van der Waals surface area contributed by atoms with Crippen molar-refractivity contribution in [2.24, 2.45) is 0 Å². The van der Waals surface area contributed by atoms with Gasteiger partial charge in [0.2, 0.25) is 0 Å². The quantitative estimate of drug-likeness (QED) is 0.910. The average Bonchev–Trinajstić information content (AvgIpc) is 2.56. The lowest BCUT2D eigenvalue weighted by molar-refractivity contribution is -0.124. The average molecular weight is 297 g/mol. The zero-order valence-electron chi connectivity index (χ0n) is 12.2. The van der Waals surface area contributed by atoms with Crippen molar-refractivity contribution >= 4 is 5.91 Å². The van der Waals surface area contributed by atoms with E-state index in [1.165, 1.54) is 5.56 Å². The molecular weight excluding hydrogens is 278 g/mol. The molecule has 3 rings (SSSR count). The number of rotatable bonds is 4. The highest BCUT2D eigenvalue weighted by atomic mass is 16.5. The fourth-order valence-electron chi connectivity index (χ4n) is 2.80. The molecule has 0 unspecified atom stereocenters. The van der Waals surface area contributed by atoms with E-state index in [0.29, 0.717) is 12.2 Å². The summed E-state index contributed by atoms with van der Waals surface area (Å²) in [5, 5.41) is 13.1. The molecule has 4 heteroatoms. The highest BCUT2D eigenvalue weighted by molar-refractivity contribution is 5.78. The van der Waals surface area contributed by atoms with E-state index in [-0.39, 0.29) is 18.6 Å². The number of fused-ring (bicyclic) bond motifs is 1. The summed E-state index contributed by atoms with van der Waals surface area (Å²) in [6, 6.07) is 16.8. The second-order valence-corrected chi connectivity index (χ2v) is 5.45. The largest absolute Gasteiger partial charge is 0.484 e. The zero-order chi connectivity index (χ0) is 15.4. The van der Waals surface area contributed by atoms with Crippen molar-refractivity contribution in [2.45, 2.75) is 25.0 Å². The number of amides is 1. The van der Waals surface area contributed by atoms with E-state index in [4.69, 9.17) is 4.74 Å². The molecule has 2 aromatic carbocycles. The van der Waals surface area contributed by atoms with Crippen molar-refractivity contribution < 1.29 is 14.6 Å². The molecule has 0 bridgehead atoms. The lowest BCUT2D eigenvalue weighted by Gasteiger charge is -2.31. The number of hydrogen-bond donors (Lipinski definition) is 2. The number of aryl methyl sites for hydroxylation is 1. The number of aliphatic hydroxyl groups excluding tert-OH is 1. The summed E-state index contributed by atoms with van der Waals surface area (Å²) in [6.07, 6.45) is 0.932. The maximum atomic E-state index is 12.1. The molecule has 0 fully saturated rings. The lowest BCUT2D eigenvalue weighted by Crippen LogP contribution is -2.41. The molecular formula is C18H19NO3. The third-order valence-corrected chi connectivity index (χ3v) is 3.91. The van der Waals surface area contributed by atoms with E-state index >= 15 is 0 Å². The Bertz CT molecular complexity index is 642. The summed E-state index contributed by atoms with van der Waals surface area (Å²) in [5.74, 6) is 0.423. The molecule has 114 valence electrons. The van der Waals surface area contributed by atoms with Crippen LogP contribution in [0.5, 0.6) is 5.75 Å². The molecule has 2 aromatic rings. The monoisotopic (exact) mass is 297 g/mol. The molecule has 2 atom stereocenters. The topological polar surface area (TPSA) is 58.6 Å². The first kappa shape index (κ1) is 14.6. The van der Waals surface area contributed by atoms with Gasteiger partial charge in [0, 0.05) is 0 Å². The number of nitrogens with one attached hydrogen (secondary N) is 1. The van der Waals surface area contributed by atoms with Crippen LogP contribution in [0.1, 0.15) is 23.6 Å². The third kappa shape index (κ3) is 3.28. The van der Waals surface area contributed by atoms with E-state index in [9.17, 15) is 9.90 Å². The van der Waals surface area contributed by atoms with Gasteiger partial charge in [-0.25, -0.2) is 0 Å². The number of aliphatic hydroxyl groups is 1. The summed E-state index contributed by atoms with van der Waals surface area (Å²) in [6.45, 7) is -0.0601. The van der Waals surface area contributed by atoms with Crippen LogP contribution in [0.25, 0.3) is 0 Å². The van der Waals surface area contributed by atoms with Crippen molar-refractivity contribution in [1.29, 1.82) is 0 Å².